The van der Waals surface area contributed by atoms with Gasteiger partial charge in [0.25, 0.3) is 0 Å². The number of nitrogens with one attached hydrogen (secondary N) is 1. The van der Waals surface area contributed by atoms with E-state index in [-0.39, 0.29) is 0 Å². The quantitative estimate of drug-likeness (QED) is 0.833. The summed E-state index contributed by atoms with van der Waals surface area (Å²) in [5, 5.41) is 13.2. The smallest absolute Gasteiger partial charge is 0.140 e. The largest absolute Gasteiger partial charge is 0.494 e. The second kappa shape index (κ2) is 7.56. The first kappa shape index (κ1) is 15.2. The number of hydrogen-bond acceptors (Lipinski definition) is 3. The molecule has 21 heavy (non-hydrogen) atoms. The Labute approximate surface area is 130 Å². The van der Waals surface area contributed by atoms with Crippen LogP contribution in [0.4, 0.5) is 5.69 Å². The summed E-state index contributed by atoms with van der Waals surface area (Å²) in [4.78, 5) is 0. The lowest BCUT2D eigenvalue weighted by atomic mass is 10.1. The fourth-order valence-electron chi connectivity index (χ4n) is 1.94. The summed E-state index contributed by atoms with van der Waals surface area (Å²) in [6.07, 6.45) is 0.951. The molecule has 0 bridgehead atoms. The van der Waals surface area contributed by atoms with E-state index in [2.05, 4.69) is 18.3 Å². The molecule has 0 aliphatic rings. The number of halogens is 1. The first-order valence-corrected chi connectivity index (χ1v) is 7.25. The lowest BCUT2D eigenvalue weighted by Crippen LogP contribution is -2.08. The van der Waals surface area contributed by atoms with Crippen LogP contribution in [-0.2, 0) is 0 Å². The van der Waals surface area contributed by atoms with Crippen LogP contribution >= 0.6 is 11.6 Å². The van der Waals surface area contributed by atoms with Gasteiger partial charge in [-0.3, -0.25) is 0 Å². The molecule has 2 aromatic rings. The van der Waals surface area contributed by atoms with Crippen molar-refractivity contribution in [1.29, 1.82) is 5.26 Å². The SMILES string of the molecule is CCCOc1cccc(C(C#N)Nc2cccc(Cl)c2)c1. The van der Waals surface area contributed by atoms with Crippen LogP contribution in [0, 0.1) is 11.3 Å². The number of rotatable bonds is 6. The van der Waals surface area contributed by atoms with Gasteiger partial charge in [0.1, 0.15) is 11.8 Å². The molecular weight excluding hydrogens is 284 g/mol. The summed E-state index contributed by atoms with van der Waals surface area (Å²) in [6, 6.07) is 16.7. The molecule has 0 aliphatic carbocycles. The molecule has 2 aromatic carbocycles. The maximum absolute atomic E-state index is 9.39. The lowest BCUT2D eigenvalue weighted by molar-refractivity contribution is 0.317. The lowest BCUT2D eigenvalue weighted by Gasteiger charge is -2.15. The fourth-order valence-corrected chi connectivity index (χ4v) is 2.13. The Balaban J connectivity index is 2.16. The molecule has 0 aromatic heterocycles. The molecular formula is C17H17ClN2O. The van der Waals surface area contributed by atoms with Gasteiger partial charge in [0.05, 0.1) is 12.7 Å². The number of ether oxygens (including phenoxy) is 1. The third-order valence-electron chi connectivity index (χ3n) is 2.93. The highest BCUT2D eigenvalue weighted by Crippen LogP contribution is 2.24. The first-order chi connectivity index (χ1) is 10.2. The topological polar surface area (TPSA) is 45.0 Å². The van der Waals surface area contributed by atoms with Crippen molar-refractivity contribution in [3.05, 3.63) is 59.1 Å². The van der Waals surface area contributed by atoms with E-state index < -0.39 is 6.04 Å². The van der Waals surface area contributed by atoms with Gasteiger partial charge in [0.15, 0.2) is 0 Å². The molecule has 0 amide bonds. The van der Waals surface area contributed by atoms with E-state index in [1.54, 1.807) is 12.1 Å². The monoisotopic (exact) mass is 300 g/mol. The number of benzene rings is 2. The zero-order valence-electron chi connectivity index (χ0n) is 11.8. The van der Waals surface area contributed by atoms with Crippen molar-refractivity contribution in [3.8, 4) is 11.8 Å². The van der Waals surface area contributed by atoms with Gasteiger partial charge in [0, 0.05) is 10.7 Å². The molecule has 0 aliphatic heterocycles. The van der Waals surface area contributed by atoms with Gasteiger partial charge in [-0.05, 0) is 42.3 Å². The predicted molar refractivity (Wildman–Crippen MR) is 85.7 cm³/mol. The highest BCUT2D eigenvalue weighted by Gasteiger charge is 2.11. The minimum Gasteiger partial charge on any atom is -0.494 e. The maximum Gasteiger partial charge on any atom is 0.140 e. The maximum atomic E-state index is 9.39. The third kappa shape index (κ3) is 4.40. The molecule has 0 heterocycles. The summed E-state index contributed by atoms with van der Waals surface area (Å²) < 4.78 is 5.60. The summed E-state index contributed by atoms with van der Waals surface area (Å²) >= 11 is 5.96. The second-order valence-corrected chi connectivity index (χ2v) is 5.07. The highest BCUT2D eigenvalue weighted by molar-refractivity contribution is 6.30. The minimum atomic E-state index is -0.450. The highest BCUT2D eigenvalue weighted by atomic mass is 35.5. The summed E-state index contributed by atoms with van der Waals surface area (Å²) in [5.41, 5.74) is 1.68. The van der Waals surface area contributed by atoms with Gasteiger partial charge < -0.3 is 10.1 Å². The van der Waals surface area contributed by atoms with Crippen molar-refractivity contribution >= 4 is 17.3 Å². The van der Waals surface area contributed by atoms with E-state index in [4.69, 9.17) is 16.3 Å². The zero-order valence-corrected chi connectivity index (χ0v) is 12.6. The summed E-state index contributed by atoms with van der Waals surface area (Å²) in [7, 11) is 0. The van der Waals surface area contributed by atoms with Crippen LogP contribution in [0.15, 0.2) is 48.5 Å². The Morgan fingerprint density at radius 2 is 2.05 bits per heavy atom. The number of nitriles is 1. The first-order valence-electron chi connectivity index (χ1n) is 6.87. The van der Waals surface area contributed by atoms with Gasteiger partial charge in [-0.15, -0.1) is 0 Å². The molecule has 1 atom stereocenters. The molecule has 0 saturated heterocycles. The Morgan fingerprint density at radius 3 is 2.76 bits per heavy atom. The predicted octanol–water partition coefficient (Wildman–Crippen LogP) is 4.81. The molecule has 0 fully saturated rings. The normalized spacial score (nSPS) is 11.5. The molecule has 0 spiro atoms. The Bertz CT molecular complexity index is 637. The number of hydrogen-bond donors (Lipinski definition) is 1. The van der Waals surface area contributed by atoms with Crippen LogP contribution in [0.3, 0.4) is 0 Å². The van der Waals surface area contributed by atoms with E-state index >= 15 is 0 Å². The molecule has 1 unspecified atom stereocenters. The molecule has 2 rings (SSSR count). The van der Waals surface area contributed by atoms with E-state index in [0.717, 1.165) is 23.4 Å². The Hall–Kier alpha value is -2.18. The van der Waals surface area contributed by atoms with E-state index in [0.29, 0.717) is 11.6 Å². The Morgan fingerprint density at radius 1 is 1.24 bits per heavy atom. The molecule has 1 N–H and O–H groups in total. The molecule has 108 valence electrons. The number of anilines is 1. The molecule has 3 nitrogen and oxygen atoms in total. The van der Waals surface area contributed by atoms with Gasteiger partial charge in [-0.1, -0.05) is 36.7 Å². The van der Waals surface area contributed by atoms with Crippen LogP contribution in [0.2, 0.25) is 5.02 Å². The van der Waals surface area contributed by atoms with Crippen LogP contribution < -0.4 is 10.1 Å². The van der Waals surface area contributed by atoms with Crippen LogP contribution in [0.5, 0.6) is 5.75 Å². The fraction of sp³-hybridized carbons (Fsp3) is 0.235. The van der Waals surface area contributed by atoms with Gasteiger partial charge in [-0.25, -0.2) is 0 Å². The molecule has 0 radical (unpaired) electrons. The van der Waals surface area contributed by atoms with Crippen LogP contribution in [0.1, 0.15) is 24.9 Å². The van der Waals surface area contributed by atoms with Gasteiger partial charge in [0.2, 0.25) is 0 Å². The summed E-state index contributed by atoms with van der Waals surface area (Å²) in [5.74, 6) is 0.780. The second-order valence-electron chi connectivity index (χ2n) is 4.64. The zero-order chi connectivity index (χ0) is 15.1. The van der Waals surface area contributed by atoms with E-state index in [1.807, 2.05) is 36.4 Å². The van der Waals surface area contributed by atoms with Crippen LogP contribution in [0.25, 0.3) is 0 Å². The Kier molecular flexibility index (Phi) is 5.48. The average Bonchev–Trinajstić information content (AvgIpc) is 2.51. The van der Waals surface area contributed by atoms with Crippen molar-refractivity contribution in [1.82, 2.24) is 0 Å². The molecule has 0 saturated carbocycles. The van der Waals surface area contributed by atoms with Gasteiger partial charge >= 0.3 is 0 Å². The standard InChI is InChI=1S/C17H17ClN2O/c1-2-9-21-16-8-3-5-13(10-16)17(12-19)20-15-7-4-6-14(18)11-15/h3-8,10-11,17,20H,2,9H2,1H3. The summed E-state index contributed by atoms with van der Waals surface area (Å²) in [6.45, 7) is 2.73. The number of nitrogens with zero attached hydrogens (tertiary/aromatic N) is 1. The minimum absolute atomic E-state index is 0.450. The van der Waals surface area contributed by atoms with Crippen molar-refractivity contribution in [3.63, 3.8) is 0 Å². The van der Waals surface area contributed by atoms with Gasteiger partial charge in [-0.2, -0.15) is 5.26 Å². The van der Waals surface area contributed by atoms with Crippen molar-refractivity contribution in [2.24, 2.45) is 0 Å². The average molecular weight is 301 g/mol. The molecule has 4 heteroatoms. The van der Waals surface area contributed by atoms with Crippen LogP contribution in [-0.4, -0.2) is 6.61 Å². The third-order valence-corrected chi connectivity index (χ3v) is 3.16. The van der Waals surface area contributed by atoms with Crippen molar-refractivity contribution in [2.45, 2.75) is 19.4 Å². The van der Waals surface area contributed by atoms with Crippen molar-refractivity contribution in [2.75, 3.05) is 11.9 Å². The van der Waals surface area contributed by atoms with E-state index in [9.17, 15) is 5.26 Å². The van der Waals surface area contributed by atoms with Crippen molar-refractivity contribution < 1.29 is 4.74 Å². The van der Waals surface area contributed by atoms with E-state index in [1.165, 1.54) is 0 Å².